The van der Waals surface area contributed by atoms with Crippen LogP contribution in [0.2, 0.25) is 5.02 Å². The first-order valence-electron chi connectivity index (χ1n) is 9.99. The Balaban J connectivity index is 1.91. The molecule has 2 saturated heterocycles. The molecule has 0 unspecified atom stereocenters. The maximum absolute atomic E-state index is 12.5. The molecule has 33 heavy (non-hydrogen) atoms. The second-order valence-electron chi connectivity index (χ2n) is 8.47. The van der Waals surface area contributed by atoms with E-state index in [1.165, 1.54) is 26.0 Å². The summed E-state index contributed by atoms with van der Waals surface area (Å²) in [5.41, 5.74) is -0.239. The third kappa shape index (κ3) is 6.04. The summed E-state index contributed by atoms with van der Waals surface area (Å²) in [5.74, 6) is 0.0225. The number of halogens is 1. The average molecular weight is 520 g/mol. The monoisotopic (exact) mass is 519 g/mol. The zero-order valence-electron chi connectivity index (χ0n) is 18.9. The number of nitrogens with one attached hydrogen (secondary N) is 1. The lowest BCUT2D eigenvalue weighted by Gasteiger charge is -2.27. The summed E-state index contributed by atoms with van der Waals surface area (Å²) in [6.07, 6.45) is -0.737. The molecule has 0 bridgehead atoms. The Morgan fingerprint density at radius 1 is 1.21 bits per heavy atom. The molecule has 1 N–H and O–H groups in total. The summed E-state index contributed by atoms with van der Waals surface area (Å²) in [4.78, 5) is 30.2. The van der Waals surface area contributed by atoms with Crippen molar-refractivity contribution in [2.24, 2.45) is 4.99 Å². The first-order chi connectivity index (χ1) is 15.3. The Morgan fingerprint density at radius 2 is 1.88 bits per heavy atom. The second-order valence-corrected chi connectivity index (χ2v) is 12.2. The Hall–Kier alpha value is -2.18. The van der Waals surface area contributed by atoms with Gasteiger partial charge in [-0.1, -0.05) is 23.4 Å². The van der Waals surface area contributed by atoms with Gasteiger partial charge < -0.3 is 24.4 Å². The molecule has 2 aliphatic rings. The molecule has 0 spiro atoms. The van der Waals surface area contributed by atoms with Crippen molar-refractivity contribution in [1.29, 1.82) is 0 Å². The third-order valence-corrected chi connectivity index (χ3v) is 8.29. The van der Waals surface area contributed by atoms with E-state index in [1.807, 2.05) is 0 Å². The standard InChI is InChI=1S/C20H26ClN3O7S2/c1-20(2,3)31-19(26)22-8-17(25)23-18-24(13-9-33(27,28)10-16(13)32-18)12-6-11(21)14(29-4)7-15(12)30-5/h6-7,13,16H,8-10H2,1-5H3,(H,22,26)/t13-,16-/m1/s1. The number of hydrogen-bond acceptors (Lipinski definition) is 8. The number of thioether (sulfide) groups is 1. The molecule has 1 aromatic carbocycles. The number of hydrogen-bond donors (Lipinski definition) is 1. The molecule has 2 atom stereocenters. The predicted molar refractivity (Wildman–Crippen MR) is 128 cm³/mol. The summed E-state index contributed by atoms with van der Waals surface area (Å²) < 4.78 is 40.4. The Labute approximate surface area is 201 Å². The zero-order valence-corrected chi connectivity index (χ0v) is 21.3. The van der Waals surface area contributed by atoms with Crippen LogP contribution in [0.15, 0.2) is 17.1 Å². The van der Waals surface area contributed by atoms with Gasteiger partial charge in [-0.05, 0) is 26.8 Å². The fourth-order valence-electron chi connectivity index (χ4n) is 3.49. The van der Waals surface area contributed by atoms with Crippen molar-refractivity contribution in [2.75, 3.05) is 37.2 Å². The van der Waals surface area contributed by atoms with Crippen molar-refractivity contribution in [1.82, 2.24) is 5.32 Å². The molecular formula is C20H26ClN3O7S2. The molecule has 0 aromatic heterocycles. The maximum Gasteiger partial charge on any atom is 0.408 e. The van der Waals surface area contributed by atoms with Gasteiger partial charge in [0.2, 0.25) is 0 Å². The van der Waals surface area contributed by atoms with Crippen molar-refractivity contribution in [2.45, 2.75) is 37.7 Å². The first-order valence-corrected chi connectivity index (χ1v) is 13.1. The highest BCUT2D eigenvalue weighted by atomic mass is 35.5. The van der Waals surface area contributed by atoms with E-state index < -0.39 is 33.5 Å². The number of benzene rings is 1. The van der Waals surface area contributed by atoms with Gasteiger partial charge in [-0.2, -0.15) is 4.99 Å². The van der Waals surface area contributed by atoms with E-state index in [0.717, 1.165) is 0 Å². The minimum Gasteiger partial charge on any atom is -0.495 e. The van der Waals surface area contributed by atoms with Crippen LogP contribution in [0.4, 0.5) is 10.5 Å². The van der Waals surface area contributed by atoms with Crippen LogP contribution in [0.5, 0.6) is 11.5 Å². The molecule has 0 saturated carbocycles. The molecular weight excluding hydrogens is 494 g/mol. The van der Waals surface area contributed by atoms with E-state index in [0.29, 0.717) is 27.4 Å². The topological polar surface area (TPSA) is 124 Å². The number of amidine groups is 1. The summed E-state index contributed by atoms with van der Waals surface area (Å²) in [6, 6.07) is 2.72. The molecule has 13 heteroatoms. The molecule has 2 heterocycles. The molecule has 182 valence electrons. The first kappa shape index (κ1) is 25.4. The van der Waals surface area contributed by atoms with Crippen LogP contribution in [0.25, 0.3) is 0 Å². The summed E-state index contributed by atoms with van der Waals surface area (Å²) in [7, 11) is -0.324. The summed E-state index contributed by atoms with van der Waals surface area (Å²) in [6.45, 7) is 4.76. The van der Waals surface area contributed by atoms with E-state index in [1.54, 1.807) is 37.8 Å². The van der Waals surface area contributed by atoms with Gasteiger partial charge in [-0.15, -0.1) is 0 Å². The lowest BCUT2D eigenvalue weighted by atomic mass is 10.2. The molecule has 0 radical (unpaired) electrons. The van der Waals surface area contributed by atoms with Gasteiger partial charge >= 0.3 is 6.09 Å². The van der Waals surface area contributed by atoms with Crippen molar-refractivity contribution >= 4 is 56.1 Å². The van der Waals surface area contributed by atoms with Crippen LogP contribution >= 0.6 is 23.4 Å². The van der Waals surface area contributed by atoms with Gasteiger partial charge in [0.05, 0.1) is 42.5 Å². The minimum absolute atomic E-state index is 0.0333. The fourth-order valence-corrected chi connectivity index (χ4v) is 7.65. The number of carbonyl (C=O) groups excluding carboxylic acids is 2. The Bertz CT molecular complexity index is 1090. The number of fused-ring (bicyclic) bond motifs is 1. The molecule has 1 aromatic rings. The highest BCUT2D eigenvalue weighted by molar-refractivity contribution is 8.16. The van der Waals surface area contributed by atoms with Crippen molar-refractivity contribution < 1.29 is 32.2 Å². The van der Waals surface area contributed by atoms with Crippen LogP contribution in [0.3, 0.4) is 0 Å². The number of nitrogens with zero attached hydrogens (tertiary/aromatic N) is 2. The number of ether oxygens (including phenoxy) is 3. The quantitative estimate of drug-likeness (QED) is 0.624. The van der Waals surface area contributed by atoms with E-state index >= 15 is 0 Å². The van der Waals surface area contributed by atoms with E-state index in [9.17, 15) is 18.0 Å². The van der Waals surface area contributed by atoms with Gasteiger partial charge in [0.15, 0.2) is 15.0 Å². The summed E-state index contributed by atoms with van der Waals surface area (Å²) in [5, 5.41) is 2.65. The van der Waals surface area contributed by atoms with Crippen molar-refractivity contribution in [3.63, 3.8) is 0 Å². The smallest absolute Gasteiger partial charge is 0.408 e. The number of amides is 2. The van der Waals surface area contributed by atoms with Gasteiger partial charge in [0, 0.05) is 11.3 Å². The van der Waals surface area contributed by atoms with E-state index in [2.05, 4.69) is 10.3 Å². The highest BCUT2D eigenvalue weighted by Crippen LogP contribution is 2.46. The maximum atomic E-state index is 12.5. The number of carbonyl (C=O) groups is 2. The number of methoxy groups -OCH3 is 2. The largest absolute Gasteiger partial charge is 0.495 e. The zero-order chi connectivity index (χ0) is 24.6. The number of alkyl carbamates (subject to hydrolysis) is 1. The molecule has 3 rings (SSSR count). The van der Waals surface area contributed by atoms with E-state index in [4.69, 9.17) is 25.8 Å². The Kier molecular flexibility index (Phi) is 7.39. The van der Waals surface area contributed by atoms with Crippen LogP contribution in [0.1, 0.15) is 20.8 Å². The van der Waals surface area contributed by atoms with Crippen molar-refractivity contribution in [3.8, 4) is 11.5 Å². The SMILES string of the molecule is COc1cc(OC)c(N2C(=NC(=O)CNC(=O)OC(C)(C)C)S[C@@H]3CS(=O)(=O)C[C@H]32)cc1Cl. The van der Waals surface area contributed by atoms with Crippen molar-refractivity contribution in [3.05, 3.63) is 17.2 Å². The van der Waals surface area contributed by atoms with Gasteiger partial charge in [-0.3, -0.25) is 4.79 Å². The van der Waals surface area contributed by atoms with E-state index in [-0.39, 0.29) is 23.3 Å². The molecule has 2 aliphatic heterocycles. The minimum atomic E-state index is -3.25. The lowest BCUT2D eigenvalue weighted by molar-refractivity contribution is -0.117. The number of anilines is 1. The predicted octanol–water partition coefficient (Wildman–Crippen LogP) is 2.48. The van der Waals surface area contributed by atoms with Gasteiger partial charge in [0.1, 0.15) is 23.6 Å². The lowest BCUT2D eigenvalue weighted by Crippen LogP contribution is -2.39. The summed E-state index contributed by atoms with van der Waals surface area (Å²) >= 11 is 7.52. The second kappa shape index (κ2) is 9.59. The normalized spacial score (nSPS) is 22.7. The van der Waals surface area contributed by atoms with Crippen LogP contribution < -0.4 is 19.7 Å². The average Bonchev–Trinajstić information content (AvgIpc) is 3.15. The molecule has 0 aliphatic carbocycles. The third-order valence-electron chi connectivity index (χ3n) is 4.78. The highest BCUT2D eigenvalue weighted by Gasteiger charge is 2.50. The number of sulfone groups is 1. The molecule has 2 amide bonds. The Morgan fingerprint density at radius 3 is 2.48 bits per heavy atom. The number of rotatable bonds is 5. The van der Waals surface area contributed by atoms with Crippen LogP contribution in [0, 0.1) is 0 Å². The van der Waals surface area contributed by atoms with Gasteiger partial charge in [-0.25, -0.2) is 13.2 Å². The van der Waals surface area contributed by atoms with Gasteiger partial charge in [0.25, 0.3) is 5.91 Å². The van der Waals surface area contributed by atoms with Crippen LogP contribution in [-0.2, 0) is 19.4 Å². The fraction of sp³-hybridized carbons (Fsp3) is 0.550. The number of aliphatic imine (C=N–C) groups is 1. The molecule has 2 fully saturated rings. The molecule has 10 nitrogen and oxygen atoms in total. The van der Waals surface area contributed by atoms with Crippen LogP contribution in [-0.4, -0.2) is 74.7 Å².